The molecule has 6 nitrogen and oxygen atoms in total. The maximum Gasteiger partial charge on any atom is 0.256 e. The molecule has 8 heteroatoms. The fourth-order valence-corrected chi connectivity index (χ4v) is 3.89. The van der Waals surface area contributed by atoms with Crippen LogP contribution in [0.25, 0.3) is 0 Å². The molecule has 0 aliphatic carbocycles. The summed E-state index contributed by atoms with van der Waals surface area (Å²) in [5.74, 6) is 0.622. The lowest BCUT2D eigenvalue weighted by atomic mass is 10.0. The number of hydrogen-bond acceptors (Lipinski definition) is 5. The normalized spacial score (nSPS) is 21.4. The van der Waals surface area contributed by atoms with Gasteiger partial charge in [0.2, 0.25) is 0 Å². The Bertz CT molecular complexity index is 907. The number of aliphatic hydroxyl groups excluding tert-OH is 1. The molecule has 154 valence electrons. The molecule has 2 aliphatic heterocycles. The van der Waals surface area contributed by atoms with Gasteiger partial charge < -0.3 is 19.6 Å². The largest absolute Gasteiger partial charge is 0.487 e. The number of pyridine rings is 1. The first-order valence-electron chi connectivity index (χ1n) is 9.68. The third-order valence-electron chi connectivity index (χ3n) is 5.38. The average Bonchev–Trinajstić information content (AvgIpc) is 3.00. The number of anilines is 1. The van der Waals surface area contributed by atoms with Gasteiger partial charge in [0, 0.05) is 19.5 Å². The van der Waals surface area contributed by atoms with Crippen LogP contribution in [0.5, 0.6) is 5.75 Å². The summed E-state index contributed by atoms with van der Waals surface area (Å²) in [6.45, 7) is 3.07. The quantitative estimate of drug-likeness (QED) is 0.831. The Kier molecular flexibility index (Phi) is 5.36. The van der Waals surface area contributed by atoms with Crippen molar-refractivity contribution in [2.24, 2.45) is 0 Å². The lowest BCUT2D eigenvalue weighted by molar-refractivity contribution is 0.0745. The number of aromatic nitrogens is 1. The Morgan fingerprint density at radius 2 is 2.07 bits per heavy atom. The number of nitrogens with zero attached hydrogens (tertiary/aromatic N) is 3. The lowest BCUT2D eigenvalue weighted by Crippen LogP contribution is -2.47. The van der Waals surface area contributed by atoms with Crippen molar-refractivity contribution in [1.82, 2.24) is 9.88 Å². The van der Waals surface area contributed by atoms with Crippen LogP contribution >= 0.6 is 0 Å². The summed E-state index contributed by atoms with van der Waals surface area (Å²) < 4.78 is 33.5. The third kappa shape index (κ3) is 3.89. The summed E-state index contributed by atoms with van der Waals surface area (Å²) in [5.41, 5.74) is 2.02. The molecular weight excluding hydrogens is 380 g/mol. The molecule has 2 aliphatic rings. The van der Waals surface area contributed by atoms with Gasteiger partial charge >= 0.3 is 0 Å². The minimum atomic E-state index is -1.23. The molecule has 0 spiro atoms. The van der Waals surface area contributed by atoms with Crippen LogP contribution in [-0.4, -0.2) is 59.4 Å². The summed E-state index contributed by atoms with van der Waals surface area (Å²) in [4.78, 5) is 20.5. The molecule has 3 heterocycles. The highest BCUT2D eigenvalue weighted by molar-refractivity contribution is 5.98. The highest BCUT2D eigenvalue weighted by Gasteiger charge is 2.34. The van der Waals surface area contributed by atoms with E-state index in [0.717, 1.165) is 5.56 Å². The number of carbonyl (C=O) groups is 1. The standard InChI is InChI=1S/C21H23F2N3O3/c1-13-10-16-18(12-26(8-9-27)21(16)28)24-20(13)25-7-6-19(17(23)11-25)29-15-4-2-14(22)3-5-15/h2-5,10,17,19,27H,6-9,11-12H2,1H3/t17-,19+/m0/s1. The van der Waals surface area contributed by atoms with Crippen LogP contribution in [0.3, 0.4) is 0 Å². The monoisotopic (exact) mass is 403 g/mol. The van der Waals surface area contributed by atoms with Gasteiger partial charge in [-0.2, -0.15) is 0 Å². The predicted octanol–water partition coefficient (Wildman–Crippen LogP) is 2.47. The summed E-state index contributed by atoms with van der Waals surface area (Å²) in [5, 5.41) is 9.12. The number of carbonyl (C=O) groups excluding carboxylic acids is 1. The first-order valence-corrected chi connectivity index (χ1v) is 9.68. The van der Waals surface area contributed by atoms with Crippen LogP contribution < -0.4 is 9.64 Å². The molecule has 0 saturated carbocycles. The Morgan fingerprint density at radius 1 is 1.31 bits per heavy atom. The minimum Gasteiger partial charge on any atom is -0.487 e. The number of rotatable bonds is 5. The highest BCUT2D eigenvalue weighted by Crippen LogP contribution is 2.30. The van der Waals surface area contributed by atoms with Crippen molar-refractivity contribution >= 4 is 11.7 Å². The summed E-state index contributed by atoms with van der Waals surface area (Å²) in [6.07, 6.45) is -1.37. The van der Waals surface area contributed by atoms with E-state index in [0.29, 0.717) is 42.3 Å². The van der Waals surface area contributed by atoms with Crippen molar-refractivity contribution in [1.29, 1.82) is 0 Å². The zero-order valence-corrected chi connectivity index (χ0v) is 16.1. The zero-order valence-electron chi connectivity index (χ0n) is 16.1. The molecule has 2 aromatic rings. The molecule has 1 N–H and O–H groups in total. The van der Waals surface area contributed by atoms with Crippen molar-refractivity contribution in [3.05, 3.63) is 53.0 Å². The van der Waals surface area contributed by atoms with E-state index in [9.17, 15) is 13.6 Å². The molecule has 2 atom stereocenters. The molecule has 29 heavy (non-hydrogen) atoms. The number of benzene rings is 1. The van der Waals surface area contributed by atoms with Crippen LogP contribution in [0.4, 0.5) is 14.6 Å². The van der Waals surface area contributed by atoms with Gasteiger partial charge in [-0.3, -0.25) is 4.79 Å². The SMILES string of the molecule is Cc1cc2c(nc1N1CC[C@@H](Oc3ccc(F)cc3)[C@@H](F)C1)CN(CCO)C2=O. The number of aliphatic hydroxyl groups is 1. The van der Waals surface area contributed by atoms with Crippen molar-refractivity contribution in [2.45, 2.75) is 32.2 Å². The summed E-state index contributed by atoms with van der Waals surface area (Å²) in [6, 6.07) is 7.37. The Balaban J connectivity index is 1.46. The summed E-state index contributed by atoms with van der Waals surface area (Å²) >= 11 is 0. The second-order valence-electron chi connectivity index (χ2n) is 7.43. The maximum atomic E-state index is 14.8. The van der Waals surface area contributed by atoms with Gasteiger partial charge in [-0.15, -0.1) is 0 Å². The van der Waals surface area contributed by atoms with Crippen LogP contribution in [0, 0.1) is 12.7 Å². The van der Waals surface area contributed by atoms with Crippen molar-refractivity contribution in [3.8, 4) is 5.75 Å². The van der Waals surface area contributed by atoms with Crippen molar-refractivity contribution < 1.29 is 23.4 Å². The number of halogens is 2. The zero-order chi connectivity index (χ0) is 20.5. The average molecular weight is 403 g/mol. The van der Waals surface area contributed by atoms with E-state index in [1.165, 1.54) is 24.3 Å². The van der Waals surface area contributed by atoms with Gasteiger partial charge in [0.15, 0.2) is 6.17 Å². The van der Waals surface area contributed by atoms with E-state index < -0.39 is 12.3 Å². The second kappa shape index (κ2) is 7.94. The minimum absolute atomic E-state index is 0.101. The Hall–Kier alpha value is -2.74. The van der Waals surface area contributed by atoms with Gasteiger partial charge in [0.25, 0.3) is 5.91 Å². The van der Waals surface area contributed by atoms with E-state index in [4.69, 9.17) is 9.84 Å². The smallest absolute Gasteiger partial charge is 0.256 e. The summed E-state index contributed by atoms with van der Waals surface area (Å²) in [7, 11) is 0. The molecule has 1 aromatic carbocycles. The third-order valence-corrected chi connectivity index (χ3v) is 5.38. The van der Waals surface area contributed by atoms with Crippen molar-refractivity contribution in [2.75, 3.05) is 31.1 Å². The van der Waals surface area contributed by atoms with Crippen LogP contribution in [0.1, 0.15) is 28.0 Å². The van der Waals surface area contributed by atoms with Gasteiger partial charge in [-0.25, -0.2) is 13.8 Å². The number of hydrogen-bond donors (Lipinski definition) is 1. The number of β-amino-alcohol motifs (C(OH)–C–C–N with tert-alkyl or cyclic N) is 1. The number of aryl methyl sites for hydroxylation is 1. The fourth-order valence-electron chi connectivity index (χ4n) is 3.89. The van der Waals surface area contributed by atoms with Crippen LogP contribution in [0.15, 0.2) is 30.3 Å². The molecule has 4 rings (SSSR count). The van der Waals surface area contributed by atoms with Gasteiger partial charge in [-0.05, 0) is 42.8 Å². The van der Waals surface area contributed by atoms with Crippen molar-refractivity contribution in [3.63, 3.8) is 0 Å². The number of amides is 1. The van der Waals surface area contributed by atoms with Crippen LogP contribution in [0.2, 0.25) is 0 Å². The lowest BCUT2D eigenvalue weighted by Gasteiger charge is -2.36. The molecule has 0 bridgehead atoms. The van der Waals surface area contributed by atoms with Gasteiger partial charge in [-0.1, -0.05) is 0 Å². The molecule has 0 unspecified atom stereocenters. The second-order valence-corrected chi connectivity index (χ2v) is 7.43. The topological polar surface area (TPSA) is 65.9 Å². The fraction of sp³-hybridized carbons (Fsp3) is 0.429. The molecule has 1 amide bonds. The predicted molar refractivity (Wildman–Crippen MR) is 103 cm³/mol. The van der Waals surface area contributed by atoms with Gasteiger partial charge in [0.1, 0.15) is 23.5 Å². The Labute approximate surface area is 167 Å². The molecule has 1 fully saturated rings. The molecule has 0 radical (unpaired) electrons. The number of fused-ring (bicyclic) bond motifs is 1. The Morgan fingerprint density at radius 3 is 2.76 bits per heavy atom. The molecule has 1 aromatic heterocycles. The number of ether oxygens (including phenoxy) is 1. The first-order chi connectivity index (χ1) is 14.0. The van der Waals surface area contributed by atoms with Crippen LogP contribution in [-0.2, 0) is 6.54 Å². The van der Waals surface area contributed by atoms with E-state index in [2.05, 4.69) is 4.98 Å². The van der Waals surface area contributed by atoms with E-state index in [1.807, 2.05) is 11.8 Å². The molecule has 1 saturated heterocycles. The van der Waals surface area contributed by atoms with E-state index in [-0.39, 0.29) is 31.4 Å². The number of alkyl halides is 1. The highest BCUT2D eigenvalue weighted by atomic mass is 19.1. The van der Waals surface area contributed by atoms with E-state index >= 15 is 0 Å². The van der Waals surface area contributed by atoms with Gasteiger partial charge in [0.05, 0.1) is 31.0 Å². The first kappa shape index (κ1) is 19.6. The molecular formula is C21H23F2N3O3. The number of piperidine rings is 1. The van der Waals surface area contributed by atoms with E-state index in [1.54, 1.807) is 11.0 Å². The maximum absolute atomic E-state index is 14.8.